The summed E-state index contributed by atoms with van der Waals surface area (Å²) in [6, 6.07) is 62.0. The number of carboxylic acid groups (broad SMARTS) is 3. The minimum Gasteiger partial charge on any atom is -0.478 e. The third-order valence-electron chi connectivity index (χ3n) is 15.6. The number of aromatic amines is 2. The summed E-state index contributed by atoms with van der Waals surface area (Å²) in [6.07, 6.45) is 16.3. The van der Waals surface area contributed by atoms with E-state index in [0.717, 1.165) is 94.9 Å². The fourth-order valence-electron chi connectivity index (χ4n) is 11.7. The number of rotatable bonds is 15. The van der Waals surface area contributed by atoms with Crippen molar-refractivity contribution in [2.75, 3.05) is 0 Å². The predicted molar refractivity (Wildman–Crippen MR) is 329 cm³/mol. The van der Waals surface area contributed by atoms with Crippen molar-refractivity contribution >= 4 is 64.3 Å². The van der Waals surface area contributed by atoms with Crippen LogP contribution in [0.2, 0.25) is 0 Å². The number of aromatic carboxylic acids is 3. The fourth-order valence-corrected chi connectivity index (χ4v) is 11.7. The molecule has 0 radical (unpaired) electrons. The molecule has 0 saturated carbocycles. The van der Waals surface area contributed by atoms with Crippen molar-refractivity contribution in [2.24, 2.45) is 0 Å². The summed E-state index contributed by atoms with van der Waals surface area (Å²) in [5, 5.41) is 30.1. The summed E-state index contributed by atoms with van der Waals surface area (Å²) in [7, 11) is 0. The highest BCUT2D eigenvalue weighted by molar-refractivity contribution is 5.98. The molecule has 0 amide bonds. The van der Waals surface area contributed by atoms with Crippen molar-refractivity contribution in [3.05, 3.63) is 286 Å². The molecule has 416 valence electrons. The first kappa shape index (κ1) is 53.8. The highest BCUT2D eigenvalue weighted by Crippen LogP contribution is 2.37. The molecule has 14 heteroatoms. The first-order chi connectivity index (χ1) is 42.0. The van der Waals surface area contributed by atoms with Gasteiger partial charge < -0.3 is 25.3 Å². The van der Waals surface area contributed by atoms with Gasteiger partial charge >= 0.3 is 17.9 Å². The number of carboxylic acids is 3. The van der Waals surface area contributed by atoms with Crippen LogP contribution in [0.25, 0.3) is 91.4 Å². The number of aromatic nitrogens is 8. The molecule has 0 unspecified atom stereocenters. The number of benzene rings is 4. The molecule has 14 nitrogen and oxygen atoms in total. The molecular formula is C72H56N8O6+4. The Morgan fingerprint density at radius 1 is 0.349 bits per heavy atom. The van der Waals surface area contributed by atoms with Crippen LogP contribution in [0, 0.1) is 6.92 Å². The van der Waals surface area contributed by atoms with E-state index in [2.05, 4.69) is 120 Å². The number of aryl methyl sites for hydroxylation is 1. The zero-order valence-electron chi connectivity index (χ0n) is 46.7. The average Bonchev–Trinajstić information content (AvgIpc) is 4.48. The molecular weight excluding hydrogens is 1070 g/mol. The molecule has 7 aromatic heterocycles. The molecule has 4 aromatic carbocycles. The number of fused-ring (bicyclic) bond motifs is 8. The second kappa shape index (κ2) is 23.0. The minimum atomic E-state index is -1.01. The highest BCUT2D eigenvalue weighted by Gasteiger charge is 2.29. The van der Waals surface area contributed by atoms with Gasteiger partial charge in [0.25, 0.3) is 0 Å². The number of nitrogens with zero attached hydrogens (tertiary/aromatic N) is 6. The molecule has 0 fully saturated rings. The smallest absolute Gasteiger partial charge is 0.335 e. The van der Waals surface area contributed by atoms with E-state index in [0.29, 0.717) is 49.0 Å². The van der Waals surface area contributed by atoms with Crippen molar-refractivity contribution in [3.8, 4) is 45.0 Å². The number of hydrogen-bond acceptors (Lipinski definition) is 5. The molecule has 0 spiro atoms. The molecule has 0 saturated heterocycles. The Bertz CT molecular complexity index is 4700. The van der Waals surface area contributed by atoms with Gasteiger partial charge in [-0.3, -0.25) is 0 Å². The van der Waals surface area contributed by atoms with E-state index < -0.39 is 17.9 Å². The second-order valence-corrected chi connectivity index (χ2v) is 21.4. The van der Waals surface area contributed by atoms with Crippen LogP contribution in [0.15, 0.2) is 219 Å². The summed E-state index contributed by atoms with van der Waals surface area (Å²) in [6.45, 7) is 3.73. The molecule has 13 rings (SSSR count). The van der Waals surface area contributed by atoms with Gasteiger partial charge in [-0.1, -0.05) is 60.2 Å². The van der Waals surface area contributed by atoms with E-state index in [1.807, 2.05) is 104 Å². The van der Waals surface area contributed by atoms with E-state index in [4.69, 9.17) is 9.97 Å². The number of H-pyrrole nitrogens is 2. The van der Waals surface area contributed by atoms with Crippen LogP contribution in [-0.4, -0.2) is 53.2 Å². The number of pyridine rings is 4. The lowest BCUT2D eigenvalue weighted by Crippen LogP contribution is -2.36. The quantitative estimate of drug-likeness (QED) is 0.0628. The predicted octanol–water partition coefficient (Wildman–Crippen LogP) is 12.1. The third-order valence-corrected chi connectivity index (χ3v) is 15.6. The maximum absolute atomic E-state index is 12.2. The van der Waals surface area contributed by atoms with E-state index in [9.17, 15) is 29.7 Å². The second-order valence-electron chi connectivity index (χ2n) is 21.4. The summed E-state index contributed by atoms with van der Waals surface area (Å²) >= 11 is 0. The minimum absolute atomic E-state index is 0.188. The molecule has 2 aliphatic heterocycles. The zero-order valence-corrected chi connectivity index (χ0v) is 46.7. The van der Waals surface area contributed by atoms with E-state index in [-0.39, 0.29) is 16.7 Å². The van der Waals surface area contributed by atoms with E-state index in [1.165, 1.54) is 0 Å². The van der Waals surface area contributed by atoms with Crippen molar-refractivity contribution in [1.82, 2.24) is 19.9 Å². The van der Waals surface area contributed by atoms with Gasteiger partial charge in [-0.25, -0.2) is 24.4 Å². The Hall–Kier alpha value is -11.5. The summed E-state index contributed by atoms with van der Waals surface area (Å²) in [4.78, 5) is 55.8. The Morgan fingerprint density at radius 2 is 0.628 bits per heavy atom. The van der Waals surface area contributed by atoms with Crippen molar-refractivity contribution in [3.63, 3.8) is 0 Å². The lowest BCUT2D eigenvalue weighted by molar-refractivity contribution is -0.677. The molecule has 9 heterocycles. The zero-order chi connectivity index (χ0) is 58.8. The van der Waals surface area contributed by atoms with Gasteiger partial charge in [0.15, 0.2) is 51.0 Å². The van der Waals surface area contributed by atoms with E-state index >= 15 is 0 Å². The van der Waals surface area contributed by atoms with E-state index in [1.54, 1.807) is 54.6 Å². The molecule has 8 bridgehead atoms. The monoisotopic (exact) mass is 1130 g/mol. The maximum atomic E-state index is 12.2. The number of hydrogen-bond donors (Lipinski definition) is 5. The standard InChI is InChI=1S/C72H52N8O6/c1-46-14-10-15-47(38-46)42-77-34-6-2-22-62(77)66-54-26-28-56(73-54)67(63-23-3-7-35-78(63)43-48-16-11-19-51(39-48)70(81)82)58-30-32-60(75-58)69(65-25-5-9-37-80(65)45-50-18-13-21-53(41-50)72(85)86)61-33-31-59(76-61)68(57-29-27-55(66)74-57)64-24-4-8-36-79(64)44-49-17-12-20-52(40-49)71(83)84/h2-41H,42-45H2,1H3,(H-3,73,74,75,76,81,82,83,84,85,86)/p+4. The molecule has 0 atom stereocenters. The average molecular weight is 1130 g/mol. The van der Waals surface area contributed by atoms with Gasteiger partial charge in [-0.2, -0.15) is 18.3 Å². The van der Waals surface area contributed by atoms with Crippen LogP contribution in [0.3, 0.4) is 0 Å². The van der Waals surface area contributed by atoms with Gasteiger partial charge in [0.2, 0.25) is 22.8 Å². The van der Waals surface area contributed by atoms with Gasteiger partial charge in [0, 0.05) is 70.8 Å². The van der Waals surface area contributed by atoms with Crippen molar-refractivity contribution < 1.29 is 48.0 Å². The highest BCUT2D eigenvalue weighted by atomic mass is 16.4. The largest absolute Gasteiger partial charge is 0.478 e. The lowest BCUT2D eigenvalue weighted by atomic mass is 10.1. The Labute approximate surface area is 494 Å². The van der Waals surface area contributed by atoms with Crippen LogP contribution >= 0.6 is 0 Å². The fraction of sp³-hybridized carbons (Fsp3) is 0.0694. The molecule has 5 N–H and O–H groups in total. The number of nitrogens with one attached hydrogen (secondary N) is 2. The number of carbonyl (C=O) groups is 3. The first-order valence-corrected chi connectivity index (χ1v) is 28.1. The van der Waals surface area contributed by atoms with Crippen LogP contribution in [0.4, 0.5) is 0 Å². The Balaban J connectivity index is 1.14. The summed E-state index contributed by atoms with van der Waals surface area (Å²) in [5.41, 5.74) is 17.6. The van der Waals surface area contributed by atoms with Crippen LogP contribution < -0.4 is 18.3 Å². The first-order valence-electron chi connectivity index (χ1n) is 28.1. The Kier molecular flexibility index (Phi) is 14.4. The molecule has 2 aliphatic rings. The van der Waals surface area contributed by atoms with Crippen LogP contribution in [0.5, 0.6) is 0 Å². The van der Waals surface area contributed by atoms with Crippen LogP contribution in [-0.2, 0) is 26.2 Å². The van der Waals surface area contributed by atoms with Gasteiger partial charge in [-0.15, -0.1) is 0 Å². The van der Waals surface area contributed by atoms with Gasteiger partial charge in [0.05, 0.1) is 83.8 Å². The third kappa shape index (κ3) is 10.9. The molecule has 86 heavy (non-hydrogen) atoms. The van der Waals surface area contributed by atoms with Gasteiger partial charge in [0.1, 0.15) is 0 Å². The SMILES string of the molecule is Cc1cccc(C[n+]2ccccc2-c2c3nc(c(-c4cccc[n+]4Cc4cccc(C(=O)O)c4)c4ccc([nH]4)c(-c4cccc[n+]4Cc4cccc(C(=O)O)c4)c4nc(c(-c5cccc[n+]5Cc5cccc(C(=O)O)c5)c5ccc2[nH]5)C=C4)C=C3)c1. The topological polar surface area (TPSA) is 185 Å². The van der Waals surface area contributed by atoms with Crippen LogP contribution in [0.1, 0.15) is 81.7 Å². The maximum Gasteiger partial charge on any atom is 0.335 e. The molecule has 11 aromatic rings. The van der Waals surface area contributed by atoms with Crippen molar-refractivity contribution in [1.29, 1.82) is 0 Å². The lowest BCUT2D eigenvalue weighted by Gasteiger charge is -2.08. The van der Waals surface area contributed by atoms with Gasteiger partial charge in [-0.05, 0) is 122 Å². The summed E-state index contributed by atoms with van der Waals surface area (Å²) < 4.78 is 8.57. The summed E-state index contributed by atoms with van der Waals surface area (Å²) in [5.74, 6) is -3.02. The van der Waals surface area contributed by atoms with Crippen molar-refractivity contribution in [2.45, 2.75) is 33.1 Å². The Morgan fingerprint density at radius 3 is 0.907 bits per heavy atom. The normalized spacial score (nSPS) is 11.7. The molecule has 0 aliphatic carbocycles.